The maximum absolute atomic E-state index is 13.2. The second-order valence-electron chi connectivity index (χ2n) is 19.3. The zero-order valence-electron chi connectivity index (χ0n) is 42.0. The Labute approximate surface area is 387 Å². The normalized spacial score (nSPS) is 13.2. The number of unbranched alkanes of at least 4 members (excludes halogenated alkanes) is 37. The number of rotatable bonds is 51. The molecule has 0 aromatic carbocycles. The van der Waals surface area contributed by atoms with Gasteiger partial charge in [0.25, 0.3) is 0 Å². The number of aliphatic hydroxyl groups is 2. The number of ether oxygens (including phenoxy) is 1. The third-order valence-electron chi connectivity index (χ3n) is 13.1. The van der Waals surface area contributed by atoms with E-state index in [1.165, 1.54) is 205 Å². The summed E-state index contributed by atoms with van der Waals surface area (Å²) in [6, 6.07) is -0.700. The van der Waals surface area contributed by atoms with E-state index >= 15 is 0 Å². The number of esters is 1. The van der Waals surface area contributed by atoms with E-state index in [0.29, 0.717) is 19.3 Å². The fourth-order valence-corrected chi connectivity index (χ4v) is 8.84. The van der Waals surface area contributed by atoms with Gasteiger partial charge in [0.1, 0.15) is 6.10 Å². The van der Waals surface area contributed by atoms with Crippen molar-refractivity contribution >= 4 is 11.9 Å². The lowest BCUT2D eigenvalue weighted by Crippen LogP contribution is -2.46. The second kappa shape index (κ2) is 50.6. The fourth-order valence-electron chi connectivity index (χ4n) is 8.84. The minimum Gasteiger partial charge on any atom is -0.462 e. The Balaban J connectivity index is 4.52. The van der Waals surface area contributed by atoms with Crippen molar-refractivity contribution in [2.24, 2.45) is 0 Å². The van der Waals surface area contributed by atoms with E-state index in [2.05, 4.69) is 38.2 Å². The molecule has 3 atom stereocenters. The zero-order chi connectivity index (χ0) is 45.2. The molecule has 6 heteroatoms. The van der Waals surface area contributed by atoms with Gasteiger partial charge in [-0.05, 0) is 51.4 Å². The molecule has 6 nitrogen and oxygen atoms in total. The van der Waals surface area contributed by atoms with Crippen molar-refractivity contribution in [2.45, 2.75) is 328 Å². The molecule has 1 amide bonds. The van der Waals surface area contributed by atoms with Crippen LogP contribution in [0.15, 0.2) is 12.2 Å². The second-order valence-corrected chi connectivity index (χ2v) is 19.3. The smallest absolute Gasteiger partial charge is 0.306 e. The summed E-state index contributed by atoms with van der Waals surface area (Å²) in [6.07, 6.45) is 57.0. The Bertz CT molecular complexity index is 939. The molecule has 0 radical (unpaired) electrons. The van der Waals surface area contributed by atoms with Crippen molar-refractivity contribution in [1.82, 2.24) is 5.32 Å². The van der Waals surface area contributed by atoms with Gasteiger partial charge in [0.2, 0.25) is 5.91 Å². The molecule has 0 rings (SSSR count). The maximum Gasteiger partial charge on any atom is 0.306 e. The Morgan fingerprint density at radius 2 is 0.774 bits per heavy atom. The lowest BCUT2D eigenvalue weighted by molar-refractivity contribution is -0.151. The molecule has 0 saturated heterocycles. The van der Waals surface area contributed by atoms with Crippen LogP contribution in [0.5, 0.6) is 0 Å². The molecule has 0 aromatic rings. The van der Waals surface area contributed by atoms with Gasteiger partial charge in [0.15, 0.2) is 0 Å². The zero-order valence-corrected chi connectivity index (χ0v) is 42.0. The first kappa shape index (κ1) is 60.6. The number of carbonyl (C=O) groups excluding carboxylic acids is 2. The highest BCUT2D eigenvalue weighted by atomic mass is 16.5. The van der Waals surface area contributed by atoms with Gasteiger partial charge in [-0.3, -0.25) is 9.59 Å². The van der Waals surface area contributed by atoms with Crippen molar-refractivity contribution in [3.05, 3.63) is 12.2 Å². The van der Waals surface area contributed by atoms with Crippen LogP contribution in [-0.4, -0.2) is 46.9 Å². The molecule has 3 N–H and O–H groups in total. The predicted octanol–water partition coefficient (Wildman–Crippen LogP) is 16.9. The summed E-state index contributed by atoms with van der Waals surface area (Å²) < 4.78 is 5.95. The molecule has 0 bridgehead atoms. The van der Waals surface area contributed by atoms with E-state index in [9.17, 15) is 19.8 Å². The lowest BCUT2D eigenvalue weighted by atomic mass is 10.0. The van der Waals surface area contributed by atoms with E-state index in [0.717, 1.165) is 57.8 Å². The van der Waals surface area contributed by atoms with Gasteiger partial charge in [-0.2, -0.15) is 0 Å². The van der Waals surface area contributed by atoms with Crippen LogP contribution in [0.4, 0.5) is 0 Å². The van der Waals surface area contributed by atoms with Gasteiger partial charge in [-0.1, -0.05) is 258 Å². The summed E-state index contributed by atoms with van der Waals surface area (Å²) in [6.45, 7) is 6.51. The average molecular weight is 876 g/mol. The predicted molar refractivity (Wildman–Crippen MR) is 269 cm³/mol. The van der Waals surface area contributed by atoms with Crippen LogP contribution in [0.25, 0.3) is 0 Å². The molecular weight excluding hydrogens is 767 g/mol. The molecular formula is C56H109NO5. The van der Waals surface area contributed by atoms with E-state index in [-0.39, 0.29) is 24.9 Å². The summed E-state index contributed by atoms with van der Waals surface area (Å²) in [5.41, 5.74) is 0. The number of carbonyl (C=O) groups is 2. The average Bonchev–Trinajstić information content (AvgIpc) is 3.26. The maximum atomic E-state index is 13.2. The van der Waals surface area contributed by atoms with Crippen LogP contribution in [0.3, 0.4) is 0 Å². The minimum atomic E-state index is -0.786. The van der Waals surface area contributed by atoms with Crippen LogP contribution in [0.1, 0.15) is 310 Å². The van der Waals surface area contributed by atoms with Crippen molar-refractivity contribution in [3.8, 4) is 0 Å². The number of hydrogen-bond donors (Lipinski definition) is 3. The van der Waals surface area contributed by atoms with Gasteiger partial charge < -0.3 is 20.3 Å². The number of allylic oxidation sites excluding steroid dienone is 2. The van der Waals surface area contributed by atoms with Gasteiger partial charge in [-0.15, -0.1) is 0 Å². The lowest BCUT2D eigenvalue weighted by Gasteiger charge is -2.24. The Hall–Kier alpha value is -1.40. The minimum absolute atomic E-state index is 0.0744. The van der Waals surface area contributed by atoms with E-state index in [4.69, 9.17) is 4.74 Å². The molecule has 0 fully saturated rings. The molecule has 0 heterocycles. The van der Waals surface area contributed by atoms with Gasteiger partial charge in [-0.25, -0.2) is 0 Å². The quantitative estimate of drug-likeness (QED) is 0.0321. The third-order valence-corrected chi connectivity index (χ3v) is 13.1. The molecule has 368 valence electrons. The number of nitrogens with one attached hydrogen (secondary N) is 1. The van der Waals surface area contributed by atoms with Crippen molar-refractivity contribution in [3.63, 3.8) is 0 Å². The molecule has 0 aliphatic heterocycles. The standard InChI is InChI=1S/C56H109NO5/c1-4-7-10-13-16-19-22-25-28-30-33-36-39-42-45-48-54(59)53(51-58)57-55(60)50-52(47-44-41-38-35-32-29-26-23-20-17-14-11-8-5-2)62-56(61)49-46-43-40-37-34-31-27-24-21-18-15-12-9-6-3/h29,32,52-54,58-59H,4-28,30-31,33-51H2,1-3H3,(H,57,60)/b32-29+. The molecule has 3 unspecified atom stereocenters. The summed E-state index contributed by atoms with van der Waals surface area (Å²) in [5, 5.41) is 23.8. The molecule has 62 heavy (non-hydrogen) atoms. The molecule has 0 saturated carbocycles. The highest BCUT2D eigenvalue weighted by Crippen LogP contribution is 2.18. The van der Waals surface area contributed by atoms with Crippen LogP contribution < -0.4 is 5.32 Å². The van der Waals surface area contributed by atoms with Crippen molar-refractivity contribution in [2.75, 3.05) is 6.61 Å². The first-order chi connectivity index (χ1) is 30.5. The Kier molecular flexibility index (Phi) is 49.5. The SMILES string of the molecule is CCCCCCCCC/C=C/CCCCCC(CC(=O)NC(CO)C(O)CCCCCCCCCCCCCCCCC)OC(=O)CCCCCCCCCCCCCCCC. The number of aliphatic hydroxyl groups excluding tert-OH is 2. The van der Waals surface area contributed by atoms with Crippen LogP contribution >= 0.6 is 0 Å². The van der Waals surface area contributed by atoms with E-state index in [1.54, 1.807) is 0 Å². The summed E-state index contributed by atoms with van der Waals surface area (Å²) >= 11 is 0. The monoisotopic (exact) mass is 876 g/mol. The molecule has 0 aliphatic carbocycles. The summed E-state index contributed by atoms with van der Waals surface area (Å²) in [4.78, 5) is 26.2. The Morgan fingerprint density at radius 1 is 0.452 bits per heavy atom. The van der Waals surface area contributed by atoms with Gasteiger partial charge >= 0.3 is 5.97 Å². The van der Waals surface area contributed by atoms with Crippen LogP contribution in [-0.2, 0) is 14.3 Å². The van der Waals surface area contributed by atoms with Crippen LogP contribution in [0, 0.1) is 0 Å². The highest BCUT2D eigenvalue weighted by molar-refractivity contribution is 5.77. The number of amides is 1. The molecule has 0 aliphatic rings. The molecule has 0 aromatic heterocycles. The van der Waals surface area contributed by atoms with Gasteiger partial charge in [0.05, 0.1) is 25.2 Å². The van der Waals surface area contributed by atoms with Crippen molar-refractivity contribution in [1.29, 1.82) is 0 Å². The largest absolute Gasteiger partial charge is 0.462 e. The number of hydrogen-bond acceptors (Lipinski definition) is 5. The fraction of sp³-hybridized carbons (Fsp3) is 0.929. The molecule has 0 spiro atoms. The third kappa shape index (κ3) is 45.2. The topological polar surface area (TPSA) is 95.9 Å². The Morgan fingerprint density at radius 3 is 1.16 bits per heavy atom. The van der Waals surface area contributed by atoms with E-state index in [1.807, 2.05) is 0 Å². The van der Waals surface area contributed by atoms with Crippen LogP contribution in [0.2, 0.25) is 0 Å². The first-order valence-electron chi connectivity index (χ1n) is 27.9. The van der Waals surface area contributed by atoms with E-state index < -0.39 is 18.2 Å². The van der Waals surface area contributed by atoms with Crippen molar-refractivity contribution < 1.29 is 24.5 Å². The summed E-state index contributed by atoms with van der Waals surface area (Å²) in [7, 11) is 0. The first-order valence-corrected chi connectivity index (χ1v) is 27.9. The summed E-state index contributed by atoms with van der Waals surface area (Å²) in [5.74, 6) is -0.468. The highest BCUT2D eigenvalue weighted by Gasteiger charge is 2.24. The van der Waals surface area contributed by atoms with Gasteiger partial charge in [0, 0.05) is 6.42 Å².